The van der Waals surface area contributed by atoms with Gasteiger partial charge < -0.3 is 14.5 Å². The van der Waals surface area contributed by atoms with E-state index in [1.54, 1.807) is 24.4 Å². The fourth-order valence-corrected chi connectivity index (χ4v) is 4.52. The topological polar surface area (TPSA) is 130 Å². The van der Waals surface area contributed by atoms with Gasteiger partial charge in [-0.2, -0.15) is 4.98 Å². The molecule has 0 aliphatic rings. The highest BCUT2D eigenvalue weighted by atomic mass is 35.5. The van der Waals surface area contributed by atoms with Crippen molar-refractivity contribution in [3.8, 4) is 11.3 Å². The van der Waals surface area contributed by atoms with Gasteiger partial charge in [0.15, 0.2) is 11.2 Å². The Morgan fingerprint density at radius 2 is 2.03 bits per heavy atom. The molecule has 0 unspecified atom stereocenters. The van der Waals surface area contributed by atoms with Gasteiger partial charge in [-0.25, -0.2) is 9.59 Å². The average Bonchev–Trinajstić information content (AvgIpc) is 3.51. The fourth-order valence-electron chi connectivity index (χ4n) is 3.34. The Kier molecular flexibility index (Phi) is 5.95. The molecular weight excluding hydrogens is 474 g/mol. The van der Waals surface area contributed by atoms with Gasteiger partial charge in [0.05, 0.1) is 12.9 Å². The first-order valence-electron chi connectivity index (χ1n) is 9.68. The van der Waals surface area contributed by atoms with Crippen molar-refractivity contribution in [1.29, 1.82) is 0 Å². The number of halogens is 1. The van der Waals surface area contributed by atoms with Crippen molar-refractivity contribution in [3.63, 3.8) is 0 Å². The predicted octanol–water partition coefficient (Wildman–Crippen LogP) is 2.22. The Bertz CT molecular complexity index is 1490. The number of nitrogens with one attached hydrogen (secondary N) is 1. The molecule has 0 bridgehead atoms. The van der Waals surface area contributed by atoms with Crippen LogP contribution in [0.15, 0.2) is 37.8 Å². The maximum Gasteiger partial charge on any atom is 0.341 e. The molecule has 1 amide bonds. The molecule has 0 aliphatic carbocycles. The minimum absolute atomic E-state index is 0.00724. The molecule has 4 rings (SSSR count). The summed E-state index contributed by atoms with van der Waals surface area (Å²) in [5.74, 6) is -0.733. The van der Waals surface area contributed by atoms with Gasteiger partial charge in [0.1, 0.15) is 22.9 Å². The van der Waals surface area contributed by atoms with E-state index in [9.17, 15) is 19.2 Å². The molecule has 4 heterocycles. The molecule has 1 N–H and O–H groups in total. The number of hydrogen-bond acceptors (Lipinski definition) is 8. The summed E-state index contributed by atoms with van der Waals surface area (Å²) in [6.07, 6.45) is 1.47. The minimum Gasteiger partial charge on any atom is -0.464 e. The number of esters is 1. The van der Waals surface area contributed by atoms with Gasteiger partial charge >= 0.3 is 11.7 Å². The summed E-state index contributed by atoms with van der Waals surface area (Å²) in [7, 11) is 2.77. The molecule has 0 fully saturated rings. The third-order valence-electron chi connectivity index (χ3n) is 4.91. The summed E-state index contributed by atoms with van der Waals surface area (Å²) >= 11 is 7.31. The molecule has 0 atom stereocenters. The maximum absolute atomic E-state index is 12.9. The van der Waals surface area contributed by atoms with Crippen LogP contribution in [0.25, 0.3) is 22.5 Å². The number of thiophene rings is 1. The van der Waals surface area contributed by atoms with Crippen LogP contribution in [-0.4, -0.2) is 37.2 Å². The number of anilines is 1. The maximum atomic E-state index is 12.9. The molecule has 11 nitrogen and oxygen atoms in total. The zero-order valence-electron chi connectivity index (χ0n) is 17.7. The van der Waals surface area contributed by atoms with Crippen LogP contribution in [0.3, 0.4) is 0 Å². The van der Waals surface area contributed by atoms with Crippen LogP contribution in [0, 0.1) is 0 Å². The molecule has 0 radical (unpaired) electrons. The third kappa shape index (κ3) is 3.87. The zero-order chi connectivity index (χ0) is 23.9. The highest BCUT2D eigenvalue weighted by molar-refractivity contribution is 7.15. The van der Waals surface area contributed by atoms with Crippen molar-refractivity contribution in [3.05, 3.63) is 55.5 Å². The van der Waals surface area contributed by atoms with Crippen LogP contribution in [-0.2, 0) is 30.2 Å². The summed E-state index contributed by atoms with van der Waals surface area (Å²) in [6.45, 7) is 1.45. The summed E-state index contributed by atoms with van der Waals surface area (Å²) in [4.78, 5) is 54.3. The number of rotatable bonds is 6. The molecule has 0 spiro atoms. The van der Waals surface area contributed by atoms with Crippen molar-refractivity contribution in [1.82, 2.24) is 18.7 Å². The van der Waals surface area contributed by atoms with Crippen LogP contribution < -0.4 is 16.6 Å². The van der Waals surface area contributed by atoms with E-state index in [4.69, 9.17) is 20.8 Å². The van der Waals surface area contributed by atoms with Crippen LogP contribution >= 0.6 is 22.9 Å². The van der Waals surface area contributed by atoms with Gasteiger partial charge in [-0.05, 0) is 30.7 Å². The zero-order valence-corrected chi connectivity index (χ0v) is 19.3. The lowest BCUT2D eigenvalue weighted by molar-refractivity contribution is -0.116. The SMILES string of the molecule is CCOC(=O)c1c(-c2ccco2)csc1NC(=O)Cn1c(Cl)nc2c1c(=O)n(C)c(=O)n2C. The fraction of sp³-hybridized carbons (Fsp3) is 0.250. The van der Waals surface area contributed by atoms with E-state index in [1.165, 1.54) is 29.5 Å². The molecule has 0 aromatic carbocycles. The van der Waals surface area contributed by atoms with Crippen LogP contribution in [0.5, 0.6) is 0 Å². The smallest absolute Gasteiger partial charge is 0.341 e. The second kappa shape index (κ2) is 8.71. The van der Waals surface area contributed by atoms with Crippen LogP contribution in [0.1, 0.15) is 17.3 Å². The number of carbonyl (C=O) groups excluding carboxylic acids is 2. The highest BCUT2D eigenvalue weighted by Gasteiger charge is 2.25. The normalized spacial score (nSPS) is 11.2. The predicted molar refractivity (Wildman–Crippen MR) is 122 cm³/mol. The van der Waals surface area contributed by atoms with E-state index in [-0.39, 0.29) is 40.2 Å². The van der Waals surface area contributed by atoms with Crippen molar-refractivity contribution < 1.29 is 18.7 Å². The number of carbonyl (C=O) groups is 2. The monoisotopic (exact) mass is 491 g/mol. The van der Waals surface area contributed by atoms with Gasteiger partial charge in [0.2, 0.25) is 11.2 Å². The van der Waals surface area contributed by atoms with Crippen molar-refractivity contribution in [2.45, 2.75) is 13.5 Å². The number of imidazole rings is 1. The average molecular weight is 492 g/mol. The van der Waals surface area contributed by atoms with E-state index in [1.807, 2.05) is 0 Å². The summed E-state index contributed by atoms with van der Waals surface area (Å²) in [5.41, 5.74) is -0.499. The Balaban J connectivity index is 1.70. The van der Waals surface area contributed by atoms with Crippen molar-refractivity contribution in [2.24, 2.45) is 14.1 Å². The van der Waals surface area contributed by atoms with E-state index < -0.39 is 23.1 Å². The first-order valence-corrected chi connectivity index (χ1v) is 10.9. The van der Waals surface area contributed by atoms with E-state index in [2.05, 4.69) is 10.3 Å². The Morgan fingerprint density at radius 1 is 1.27 bits per heavy atom. The number of aromatic nitrogens is 4. The number of aryl methyl sites for hydroxylation is 1. The van der Waals surface area contributed by atoms with Gasteiger partial charge in [-0.15, -0.1) is 11.3 Å². The molecule has 0 saturated carbocycles. The number of hydrogen-bond donors (Lipinski definition) is 1. The Morgan fingerprint density at radius 3 is 2.70 bits per heavy atom. The lowest BCUT2D eigenvalue weighted by atomic mass is 10.1. The number of furan rings is 1. The molecule has 0 aliphatic heterocycles. The summed E-state index contributed by atoms with van der Waals surface area (Å²) in [5, 5.41) is 4.47. The van der Waals surface area contributed by atoms with E-state index in [0.29, 0.717) is 11.3 Å². The largest absolute Gasteiger partial charge is 0.464 e. The van der Waals surface area contributed by atoms with Crippen molar-refractivity contribution in [2.75, 3.05) is 11.9 Å². The van der Waals surface area contributed by atoms with Crippen LogP contribution in [0.2, 0.25) is 5.28 Å². The molecule has 13 heteroatoms. The van der Waals surface area contributed by atoms with E-state index in [0.717, 1.165) is 15.9 Å². The number of nitrogens with zero attached hydrogens (tertiary/aromatic N) is 4. The Hall–Kier alpha value is -3.64. The number of ether oxygens (including phenoxy) is 1. The second-order valence-corrected chi connectivity index (χ2v) is 8.16. The first kappa shape index (κ1) is 22.6. The lowest BCUT2D eigenvalue weighted by Gasteiger charge is -2.09. The Labute approximate surface area is 194 Å². The lowest BCUT2D eigenvalue weighted by Crippen LogP contribution is -2.37. The summed E-state index contributed by atoms with van der Waals surface area (Å²) in [6, 6.07) is 3.37. The molecular formula is C20H18ClN5O6S. The molecule has 4 aromatic rings. The van der Waals surface area contributed by atoms with Crippen LogP contribution in [0.4, 0.5) is 5.00 Å². The molecule has 33 heavy (non-hydrogen) atoms. The van der Waals surface area contributed by atoms with Gasteiger partial charge in [-0.3, -0.25) is 23.3 Å². The van der Waals surface area contributed by atoms with Gasteiger partial charge in [0.25, 0.3) is 5.56 Å². The number of amides is 1. The van der Waals surface area contributed by atoms with Crippen molar-refractivity contribution >= 4 is 51.0 Å². The number of fused-ring (bicyclic) bond motifs is 1. The summed E-state index contributed by atoms with van der Waals surface area (Å²) < 4.78 is 13.8. The minimum atomic E-state index is -0.635. The van der Waals surface area contributed by atoms with E-state index >= 15 is 0 Å². The molecule has 172 valence electrons. The highest BCUT2D eigenvalue weighted by Crippen LogP contribution is 2.36. The molecule has 4 aromatic heterocycles. The third-order valence-corrected chi connectivity index (χ3v) is 6.10. The first-order chi connectivity index (χ1) is 15.7. The molecule has 0 saturated heterocycles. The second-order valence-electron chi connectivity index (χ2n) is 6.94. The van der Waals surface area contributed by atoms with Gasteiger partial charge in [0, 0.05) is 25.0 Å². The standard InChI is InChI=1S/C20H18ClN5O6S/c1-4-31-18(29)13-10(11-6-5-7-32-11)9-33-16(13)22-12(27)8-26-14-15(23-19(26)21)24(2)20(30)25(3)17(14)28/h5-7,9H,4,8H2,1-3H3,(H,22,27). The quantitative estimate of drug-likeness (QED) is 0.323. The van der Waals surface area contributed by atoms with Gasteiger partial charge in [-0.1, -0.05) is 0 Å².